The number of hydrogen-bond acceptors (Lipinski definition) is 2. The summed E-state index contributed by atoms with van der Waals surface area (Å²) in [7, 11) is 3.44. The minimum absolute atomic E-state index is 0.169. The molecule has 3 aromatic carbocycles. The van der Waals surface area contributed by atoms with Crippen LogP contribution in [0.1, 0.15) is 54.4 Å². The molecular formula is C31H34N2O2. The molecule has 5 rings (SSSR count). The average molecular weight is 467 g/mol. The van der Waals surface area contributed by atoms with Crippen LogP contribution >= 0.6 is 0 Å². The van der Waals surface area contributed by atoms with Gasteiger partial charge in [0.25, 0.3) is 0 Å². The van der Waals surface area contributed by atoms with Gasteiger partial charge in [0.05, 0.1) is 14.2 Å². The number of nitrogens with one attached hydrogen (secondary N) is 2. The van der Waals surface area contributed by atoms with Gasteiger partial charge in [-0.05, 0) is 77.9 Å². The molecule has 180 valence electrons. The fraction of sp³-hybridized carbons (Fsp3) is 0.290. The van der Waals surface area contributed by atoms with E-state index in [-0.39, 0.29) is 5.92 Å². The highest BCUT2D eigenvalue weighted by Crippen LogP contribution is 2.39. The highest BCUT2D eigenvalue weighted by atomic mass is 16.5. The Labute approximate surface area is 207 Å². The molecular weight excluding hydrogens is 432 g/mol. The summed E-state index contributed by atoms with van der Waals surface area (Å²) in [6.07, 6.45) is 10.2. The van der Waals surface area contributed by atoms with Gasteiger partial charge < -0.3 is 19.4 Å². The van der Waals surface area contributed by atoms with Crippen LogP contribution in [0.25, 0.3) is 21.8 Å². The first kappa shape index (κ1) is 23.1. The Morgan fingerprint density at radius 3 is 1.74 bits per heavy atom. The minimum Gasteiger partial charge on any atom is -0.497 e. The van der Waals surface area contributed by atoms with E-state index in [1.807, 2.05) is 12.1 Å². The topological polar surface area (TPSA) is 50.0 Å². The van der Waals surface area contributed by atoms with Crippen LogP contribution in [0.4, 0.5) is 0 Å². The number of H-pyrrole nitrogens is 2. The lowest BCUT2D eigenvalue weighted by atomic mass is 9.85. The lowest BCUT2D eigenvalue weighted by Gasteiger charge is -2.18. The van der Waals surface area contributed by atoms with Crippen molar-refractivity contribution in [2.24, 2.45) is 0 Å². The van der Waals surface area contributed by atoms with Gasteiger partial charge in [-0.2, -0.15) is 0 Å². The highest BCUT2D eigenvalue weighted by Gasteiger charge is 2.22. The van der Waals surface area contributed by atoms with Crippen LogP contribution in [-0.2, 0) is 12.8 Å². The third kappa shape index (κ3) is 4.79. The molecule has 0 spiro atoms. The summed E-state index contributed by atoms with van der Waals surface area (Å²) in [5.41, 5.74) is 7.55. The largest absolute Gasteiger partial charge is 0.497 e. The van der Waals surface area contributed by atoms with Gasteiger partial charge in [0.1, 0.15) is 11.5 Å². The molecule has 0 aliphatic rings. The Morgan fingerprint density at radius 1 is 0.686 bits per heavy atom. The molecule has 0 saturated carbocycles. The van der Waals surface area contributed by atoms with E-state index < -0.39 is 0 Å². The van der Waals surface area contributed by atoms with Crippen LogP contribution in [0.2, 0.25) is 0 Å². The van der Waals surface area contributed by atoms with Crippen LogP contribution < -0.4 is 9.47 Å². The maximum absolute atomic E-state index is 5.55. The molecule has 2 N–H and O–H groups in total. The van der Waals surface area contributed by atoms with Gasteiger partial charge in [-0.15, -0.1) is 0 Å². The Morgan fingerprint density at radius 2 is 1.23 bits per heavy atom. The molecule has 2 heterocycles. The van der Waals surface area contributed by atoms with Crippen molar-refractivity contribution in [3.05, 3.63) is 95.3 Å². The zero-order valence-electron chi connectivity index (χ0n) is 20.9. The number of aromatic amines is 2. The summed E-state index contributed by atoms with van der Waals surface area (Å²) < 4.78 is 11.1. The summed E-state index contributed by atoms with van der Waals surface area (Å²) in [4.78, 5) is 6.97. The summed E-state index contributed by atoms with van der Waals surface area (Å²) >= 11 is 0. The first-order chi connectivity index (χ1) is 17.2. The van der Waals surface area contributed by atoms with Crippen molar-refractivity contribution >= 4 is 21.8 Å². The molecule has 0 aliphatic carbocycles. The number of aromatic nitrogens is 2. The smallest absolute Gasteiger partial charge is 0.119 e. The number of unbranched alkanes of at least 4 members (excludes halogenated alkanes) is 2. The molecule has 0 amide bonds. The van der Waals surface area contributed by atoms with Crippen molar-refractivity contribution in [1.82, 2.24) is 9.97 Å². The Hall–Kier alpha value is -3.66. The lowest BCUT2D eigenvalue weighted by Crippen LogP contribution is -2.05. The number of fused-ring (bicyclic) bond motifs is 2. The van der Waals surface area contributed by atoms with Crippen molar-refractivity contribution in [2.45, 2.75) is 44.9 Å². The summed E-state index contributed by atoms with van der Waals surface area (Å²) in [6.45, 7) is 2.25. The van der Waals surface area contributed by atoms with Gasteiger partial charge in [0.15, 0.2) is 0 Å². The molecule has 0 fully saturated rings. The summed E-state index contributed by atoms with van der Waals surface area (Å²) in [6, 6.07) is 21.7. The molecule has 4 heteroatoms. The maximum atomic E-state index is 5.55. The van der Waals surface area contributed by atoms with Gasteiger partial charge in [0, 0.05) is 40.1 Å². The third-order valence-corrected chi connectivity index (χ3v) is 7.12. The molecule has 0 unspecified atom stereocenters. The van der Waals surface area contributed by atoms with Crippen molar-refractivity contribution < 1.29 is 9.47 Å². The predicted octanol–water partition coefficient (Wildman–Crippen LogP) is 7.77. The van der Waals surface area contributed by atoms with Crippen LogP contribution in [0.5, 0.6) is 11.5 Å². The molecule has 0 bridgehead atoms. The first-order valence-electron chi connectivity index (χ1n) is 12.6. The Balaban J connectivity index is 1.57. The van der Waals surface area contributed by atoms with Gasteiger partial charge >= 0.3 is 0 Å². The van der Waals surface area contributed by atoms with Crippen LogP contribution in [0.15, 0.2) is 73.1 Å². The van der Waals surface area contributed by atoms with Crippen molar-refractivity contribution in [2.75, 3.05) is 14.2 Å². The number of hydrogen-bond donors (Lipinski definition) is 2. The van der Waals surface area contributed by atoms with E-state index in [4.69, 9.17) is 9.47 Å². The average Bonchev–Trinajstić information content (AvgIpc) is 3.52. The monoisotopic (exact) mass is 466 g/mol. The molecule has 0 aliphatic heterocycles. The number of rotatable bonds is 10. The second-order valence-corrected chi connectivity index (χ2v) is 9.34. The van der Waals surface area contributed by atoms with Gasteiger partial charge in [-0.3, -0.25) is 0 Å². The SMILES string of the molecule is CCCCCc1ccc(CC(c2c[nH]c3ccc(OC)cc23)c2c[nH]c3ccc(OC)cc23)cc1. The van der Waals surface area contributed by atoms with Crippen molar-refractivity contribution in [3.63, 3.8) is 0 Å². The molecule has 2 aromatic heterocycles. The van der Waals surface area contributed by atoms with Crippen LogP contribution in [0.3, 0.4) is 0 Å². The van der Waals surface area contributed by atoms with Gasteiger partial charge in [-0.25, -0.2) is 0 Å². The molecule has 0 atom stereocenters. The quantitative estimate of drug-likeness (QED) is 0.207. The van der Waals surface area contributed by atoms with Crippen LogP contribution in [-0.4, -0.2) is 24.2 Å². The Kier molecular flexibility index (Phi) is 6.80. The molecule has 0 radical (unpaired) electrons. The van der Waals surface area contributed by atoms with E-state index >= 15 is 0 Å². The predicted molar refractivity (Wildman–Crippen MR) is 145 cm³/mol. The lowest BCUT2D eigenvalue weighted by molar-refractivity contribution is 0.415. The normalized spacial score (nSPS) is 11.5. The third-order valence-electron chi connectivity index (χ3n) is 7.12. The summed E-state index contributed by atoms with van der Waals surface area (Å²) in [5.74, 6) is 1.91. The number of ether oxygens (including phenoxy) is 2. The van der Waals surface area contributed by atoms with Gasteiger partial charge in [-0.1, -0.05) is 44.0 Å². The molecule has 5 aromatic rings. The van der Waals surface area contributed by atoms with E-state index in [1.165, 1.54) is 52.3 Å². The van der Waals surface area contributed by atoms with E-state index in [1.54, 1.807) is 14.2 Å². The Bertz CT molecular complexity index is 1330. The fourth-order valence-corrected chi connectivity index (χ4v) is 5.12. The molecule has 0 saturated heterocycles. The number of benzene rings is 3. The fourth-order valence-electron chi connectivity index (χ4n) is 5.12. The van der Waals surface area contributed by atoms with E-state index in [9.17, 15) is 0 Å². The number of aryl methyl sites for hydroxylation is 1. The van der Waals surface area contributed by atoms with E-state index in [2.05, 4.69) is 77.8 Å². The highest BCUT2D eigenvalue weighted by molar-refractivity contribution is 5.89. The standard InChI is InChI=1S/C31H34N2O2/c1-4-5-6-7-21-8-10-22(11-9-21)16-25(28-19-32-30-14-12-23(34-2)17-26(28)30)29-20-33-31-15-13-24(35-3)18-27(29)31/h8-15,17-20,25,32-33H,4-7,16H2,1-3H3. The maximum Gasteiger partial charge on any atom is 0.119 e. The second-order valence-electron chi connectivity index (χ2n) is 9.34. The van der Waals surface area contributed by atoms with Crippen LogP contribution in [0, 0.1) is 0 Å². The van der Waals surface area contributed by atoms with E-state index in [0.29, 0.717) is 0 Å². The first-order valence-corrected chi connectivity index (χ1v) is 12.6. The minimum atomic E-state index is 0.169. The van der Waals surface area contributed by atoms with E-state index in [0.717, 1.165) is 35.4 Å². The van der Waals surface area contributed by atoms with Crippen molar-refractivity contribution in [1.29, 1.82) is 0 Å². The van der Waals surface area contributed by atoms with Crippen molar-refractivity contribution in [3.8, 4) is 11.5 Å². The second kappa shape index (κ2) is 10.3. The molecule has 35 heavy (non-hydrogen) atoms. The van der Waals surface area contributed by atoms with Gasteiger partial charge in [0.2, 0.25) is 0 Å². The number of methoxy groups -OCH3 is 2. The summed E-state index contributed by atoms with van der Waals surface area (Å²) in [5, 5.41) is 2.39. The zero-order valence-corrected chi connectivity index (χ0v) is 20.9. The zero-order chi connectivity index (χ0) is 24.2. The molecule has 4 nitrogen and oxygen atoms in total.